The number of imidazole rings is 1. The van der Waals surface area contributed by atoms with Gasteiger partial charge in [-0.25, -0.2) is 22.7 Å². The summed E-state index contributed by atoms with van der Waals surface area (Å²) in [5.41, 5.74) is 0.477. The van der Waals surface area contributed by atoms with Crippen molar-refractivity contribution >= 4 is 15.9 Å². The van der Waals surface area contributed by atoms with Gasteiger partial charge in [-0.15, -0.1) is 0 Å². The van der Waals surface area contributed by atoms with Crippen LogP contribution in [0.3, 0.4) is 0 Å². The molecule has 1 atom stereocenters. The van der Waals surface area contributed by atoms with E-state index in [1.54, 1.807) is 41.6 Å². The Kier molecular flexibility index (Phi) is 4.63. The molecule has 0 aromatic carbocycles. The standard InChI is InChI=1S/C15H19N5O3S/c1-24(22,23)20-7-2-3-13(10-20)18-15(21)12-4-5-17-14(9-12)19-8-6-16-11-19/h4-6,8-9,11,13H,2-3,7,10H2,1H3,(H,18,21)/t13-/m0/s1. The number of hydrogen-bond donors (Lipinski definition) is 1. The molecule has 0 unspecified atom stereocenters. The molecule has 9 heteroatoms. The van der Waals surface area contributed by atoms with E-state index in [1.807, 2.05) is 0 Å². The van der Waals surface area contributed by atoms with Crippen molar-refractivity contribution in [1.82, 2.24) is 24.2 Å². The molecule has 2 aromatic rings. The summed E-state index contributed by atoms with van der Waals surface area (Å²) in [5.74, 6) is 0.362. The van der Waals surface area contributed by atoms with Gasteiger partial charge >= 0.3 is 0 Å². The first kappa shape index (κ1) is 16.6. The van der Waals surface area contributed by atoms with E-state index < -0.39 is 10.0 Å². The van der Waals surface area contributed by atoms with Crippen LogP contribution in [0.2, 0.25) is 0 Å². The number of sulfonamides is 1. The number of aromatic nitrogens is 3. The van der Waals surface area contributed by atoms with Gasteiger partial charge in [-0.2, -0.15) is 0 Å². The summed E-state index contributed by atoms with van der Waals surface area (Å²) in [6.45, 7) is 0.815. The summed E-state index contributed by atoms with van der Waals surface area (Å²) in [7, 11) is -3.23. The first-order valence-corrected chi connectivity index (χ1v) is 9.49. The Labute approximate surface area is 140 Å². The summed E-state index contributed by atoms with van der Waals surface area (Å²) < 4.78 is 26.4. The van der Waals surface area contributed by atoms with Crippen molar-refractivity contribution in [3.63, 3.8) is 0 Å². The normalized spacial score (nSPS) is 19.1. The molecule has 1 fully saturated rings. The minimum absolute atomic E-state index is 0.189. The van der Waals surface area contributed by atoms with Crippen LogP contribution in [0.5, 0.6) is 0 Å². The molecule has 3 rings (SSSR count). The van der Waals surface area contributed by atoms with Crippen molar-refractivity contribution < 1.29 is 13.2 Å². The number of pyridine rings is 1. The average Bonchev–Trinajstić information content (AvgIpc) is 3.09. The smallest absolute Gasteiger partial charge is 0.251 e. The minimum Gasteiger partial charge on any atom is -0.348 e. The molecule has 0 radical (unpaired) electrons. The van der Waals surface area contributed by atoms with E-state index >= 15 is 0 Å². The highest BCUT2D eigenvalue weighted by atomic mass is 32.2. The molecule has 1 saturated heterocycles. The van der Waals surface area contributed by atoms with Crippen molar-refractivity contribution in [3.05, 3.63) is 42.6 Å². The topological polar surface area (TPSA) is 97.2 Å². The molecular weight excluding hydrogens is 330 g/mol. The number of nitrogens with zero attached hydrogens (tertiary/aromatic N) is 4. The van der Waals surface area contributed by atoms with Crippen molar-refractivity contribution in [1.29, 1.82) is 0 Å². The molecule has 0 bridgehead atoms. The van der Waals surface area contributed by atoms with Crippen molar-refractivity contribution in [3.8, 4) is 5.82 Å². The summed E-state index contributed by atoms with van der Waals surface area (Å²) in [6.07, 6.45) is 9.23. The van der Waals surface area contributed by atoms with Crippen LogP contribution in [0.15, 0.2) is 37.1 Å². The SMILES string of the molecule is CS(=O)(=O)N1CCC[C@H](NC(=O)c2ccnc(-n3ccnc3)c2)C1. The van der Waals surface area contributed by atoms with E-state index in [4.69, 9.17) is 0 Å². The Morgan fingerprint density at radius 3 is 2.92 bits per heavy atom. The molecule has 128 valence electrons. The number of nitrogens with one attached hydrogen (secondary N) is 1. The fraction of sp³-hybridized carbons (Fsp3) is 0.400. The molecule has 0 spiro atoms. The number of piperidine rings is 1. The van der Waals surface area contributed by atoms with Gasteiger partial charge in [0.1, 0.15) is 12.1 Å². The third-order valence-electron chi connectivity index (χ3n) is 3.96. The van der Waals surface area contributed by atoms with Crippen LogP contribution in [0.4, 0.5) is 0 Å². The monoisotopic (exact) mass is 349 g/mol. The fourth-order valence-electron chi connectivity index (χ4n) is 2.73. The van der Waals surface area contributed by atoms with Gasteiger partial charge in [0, 0.05) is 43.3 Å². The number of carbonyl (C=O) groups is 1. The maximum absolute atomic E-state index is 12.5. The molecule has 1 aliphatic heterocycles. The van der Waals surface area contributed by atoms with Gasteiger partial charge in [-0.3, -0.25) is 9.36 Å². The molecule has 1 aliphatic rings. The van der Waals surface area contributed by atoms with Crippen molar-refractivity contribution in [2.45, 2.75) is 18.9 Å². The minimum atomic E-state index is -3.23. The molecule has 1 N–H and O–H groups in total. The lowest BCUT2D eigenvalue weighted by Crippen LogP contribution is -2.49. The Balaban J connectivity index is 1.70. The van der Waals surface area contributed by atoms with E-state index in [9.17, 15) is 13.2 Å². The lowest BCUT2D eigenvalue weighted by atomic mass is 10.1. The summed E-state index contributed by atoms with van der Waals surface area (Å²) in [4.78, 5) is 20.6. The van der Waals surface area contributed by atoms with Crippen molar-refractivity contribution in [2.24, 2.45) is 0 Å². The third-order valence-corrected chi connectivity index (χ3v) is 5.23. The fourth-order valence-corrected chi connectivity index (χ4v) is 3.64. The molecule has 0 saturated carbocycles. The Morgan fingerprint density at radius 2 is 2.21 bits per heavy atom. The van der Waals surface area contributed by atoms with Crippen LogP contribution in [0, 0.1) is 0 Å². The van der Waals surface area contributed by atoms with Crippen LogP contribution < -0.4 is 5.32 Å². The Bertz CT molecular complexity index is 819. The molecule has 24 heavy (non-hydrogen) atoms. The second-order valence-corrected chi connectivity index (χ2v) is 7.79. The number of rotatable bonds is 4. The van der Waals surface area contributed by atoms with Gasteiger partial charge in [0.2, 0.25) is 10.0 Å². The van der Waals surface area contributed by atoms with Gasteiger partial charge in [0.15, 0.2) is 0 Å². The number of carbonyl (C=O) groups excluding carboxylic acids is 1. The van der Waals surface area contributed by atoms with Gasteiger partial charge in [0.25, 0.3) is 5.91 Å². The number of hydrogen-bond acceptors (Lipinski definition) is 5. The largest absolute Gasteiger partial charge is 0.348 e. The van der Waals surface area contributed by atoms with E-state index in [0.717, 1.165) is 12.8 Å². The van der Waals surface area contributed by atoms with Gasteiger partial charge in [-0.1, -0.05) is 0 Å². The maximum Gasteiger partial charge on any atom is 0.251 e. The third kappa shape index (κ3) is 3.80. The van der Waals surface area contributed by atoms with Crippen LogP contribution in [0.1, 0.15) is 23.2 Å². The predicted molar refractivity (Wildman–Crippen MR) is 88.3 cm³/mol. The van der Waals surface area contributed by atoms with Crippen LogP contribution >= 0.6 is 0 Å². The quantitative estimate of drug-likeness (QED) is 0.863. The van der Waals surface area contributed by atoms with E-state index in [-0.39, 0.29) is 11.9 Å². The lowest BCUT2D eigenvalue weighted by molar-refractivity contribution is 0.0921. The van der Waals surface area contributed by atoms with Crippen LogP contribution in [-0.2, 0) is 10.0 Å². The second-order valence-electron chi connectivity index (χ2n) is 5.81. The Hall–Kier alpha value is -2.26. The zero-order valence-electron chi connectivity index (χ0n) is 13.3. The average molecular weight is 349 g/mol. The summed E-state index contributed by atoms with van der Waals surface area (Å²) in [5, 5.41) is 2.91. The van der Waals surface area contributed by atoms with Gasteiger partial charge < -0.3 is 5.32 Å². The first-order valence-electron chi connectivity index (χ1n) is 7.64. The zero-order valence-corrected chi connectivity index (χ0v) is 14.1. The van der Waals surface area contributed by atoms with E-state index in [1.165, 1.54) is 10.6 Å². The molecule has 1 amide bonds. The Morgan fingerprint density at radius 1 is 1.38 bits per heavy atom. The van der Waals surface area contributed by atoms with Gasteiger partial charge in [-0.05, 0) is 25.0 Å². The van der Waals surface area contributed by atoms with Gasteiger partial charge in [0.05, 0.1) is 6.26 Å². The lowest BCUT2D eigenvalue weighted by Gasteiger charge is -2.31. The number of amides is 1. The second kappa shape index (κ2) is 6.70. The molecule has 0 aliphatic carbocycles. The summed E-state index contributed by atoms with van der Waals surface area (Å²) in [6, 6.07) is 3.12. The van der Waals surface area contributed by atoms with Crippen LogP contribution in [-0.4, -0.2) is 58.6 Å². The molecule has 2 aromatic heterocycles. The van der Waals surface area contributed by atoms with E-state index in [0.29, 0.717) is 24.5 Å². The maximum atomic E-state index is 12.5. The summed E-state index contributed by atoms with van der Waals surface area (Å²) >= 11 is 0. The highest BCUT2D eigenvalue weighted by molar-refractivity contribution is 7.88. The zero-order chi connectivity index (χ0) is 17.2. The molecule has 8 nitrogen and oxygen atoms in total. The predicted octanol–water partition coefficient (Wildman–Crippen LogP) is 0.421. The molecule has 3 heterocycles. The molecular formula is C15H19N5O3S. The first-order chi connectivity index (χ1) is 11.4. The highest BCUT2D eigenvalue weighted by Crippen LogP contribution is 2.14. The van der Waals surface area contributed by atoms with Crippen molar-refractivity contribution in [2.75, 3.05) is 19.3 Å². The van der Waals surface area contributed by atoms with Crippen LogP contribution in [0.25, 0.3) is 5.82 Å². The van der Waals surface area contributed by atoms with E-state index in [2.05, 4.69) is 15.3 Å². The highest BCUT2D eigenvalue weighted by Gasteiger charge is 2.27.